The number of hydrogen-bond donors (Lipinski definition) is 1. The van der Waals surface area contributed by atoms with E-state index in [2.05, 4.69) is 28.1 Å². The van der Waals surface area contributed by atoms with Crippen molar-refractivity contribution < 1.29 is 9.53 Å². The number of amides is 1. The Bertz CT molecular complexity index is 705. The van der Waals surface area contributed by atoms with E-state index in [1.165, 1.54) is 0 Å². The van der Waals surface area contributed by atoms with Crippen molar-refractivity contribution >= 4 is 11.6 Å². The Kier molecular flexibility index (Phi) is 5.58. The minimum absolute atomic E-state index is 0.0105. The van der Waals surface area contributed by atoms with E-state index < -0.39 is 0 Å². The molecule has 134 valence electrons. The molecular formula is C19H26N4O2. The smallest absolute Gasteiger partial charge is 0.274 e. The first-order valence-electron chi connectivity index (χ1n) is 9.03. The highest BCUT2D eigenvalue weighted by Crippen LogP contribution is 2.28. The molecule has 0 radical (unpaired) electrons. The second-order valence-electron chi connectivity index (χ2n) is 6.21. The molecule has 2 heterocycles. The van der Waals surface area contributed by atoms with Gasteiger partial charge in [-0.1, -0.05) is 25.5 Å². The molecule has 6 heteroatoms. The van der Waals surface area contributed by atoms with E-state index in [1.54, 1.807) is 0 Å². The topological polar surface area (TPSA) is 61.5 Å². The van der Waals surface area contributed by atoms with Gasteiger partial charge in [0, 0.05) is 31.9 Å². The third-order valence-electron chi connectivity index (χ3n) is 4.44. The summed E-state index contributed by atoms with van der Waals surface area (Å²) in [5.41, 5.74) is 2.64. The predicted molar refractivity (Wildman–Crippen MR) is 98.3 cm³/mol. The van der Waals surface area contributed by atoms with E-state index in [4.69, 9.17) is 4.74 Å². The number of aryl methyl sites for hydroxylation is 1. The van der Waals surface area contributed by atoms with Crippen molar-refractivity contribution in [1.82, 2.24) is 15.1 Å². The number of hydrogen-bond acceptors (Lipinski definition) is 4. The van der Waals surface area contributed by atoms with Crippen LogP contribution in [0.25, 0.3) is 0 Å². The largest absolute Gasteiger partial charge is 0.492 e. The van der Waals surface area contributed by atoms with Gasteiger partial charge in [-0.05, 0) is 31.5 Å². The molecule has 0 saturated carbocycles. The zero-order chi connectivity index (χ0) is 17.6. The molecule has 1 amide bonds. The molecule has 1 aliphatic rings. The summed E-state index contributed by atoms with van der Waals surface area (Å²) in [5, 5.41) is 7.13. The van der Waals surface area contributed by atoms with Crippen LogP contribution in [0.1, 0.15) is 36.5 Å². The van der Waals surface area contributed by atoms with Gasteiger partial charge < -0.3 is 14.5 Å². The number of aromatic amines is 1. The maximum Gasteiger partial charge on any atom is 0.274 e. The number of piperazine rings is 1. The fourth-order valence-corrected chi connectivity index (χ4v) is 3.18. The normalized spacial score (nSPS) is 14.6. The molecule has 1 aliphatic heterocycles. The van der Waals surface area contributed by atoms with Crippen LogP contribution < -0.4 is 9.64 Å². The van der Waals surface area contributed by atoms with Gasteiger partial charge in [-0.15, -0.1) is 0 Å². The van der Waals surface area contributed by atoms with Gasteiger partial charge in [-0.2, -0.15) is 5.10 Å². The number of carbonyl (C=O) groups excluding carboxylic acids is 1. The van der Waals surface area contributed by atoms with Crippen LogP contribution in [-0.4, -0.2) is 53.8 Å². The molecule has 3 rings (SSSR count). The van der Waals surface area contributed by atoms with Crippen LogP contribution in [-0.2, 0) is 6.42 Å². The first-order valence-corrected chi connectivity index (χ1v) is 9.03. The molecular weight excluding hydrogens is 316 g/mol. The maximum atomic E-state index is 12.6. The Morgan fingerprint density at radius 3 is 2.68 bits per heavy atom. The van der Waals surface area contributed by atoms with Crippen molar-refractivity contribution in [3.05, 3.63) is 41.7 Å². The molecule has 1 fully saturated rings. The van der Waals surface area contributed by atoms with E-state index in [0.29, 0.717) is 25.4 Å². The van der Waals surface area contributed by atoms with E-state index in [9.17, 15) is 4.79 Å². The molecule has 0 unspecified atom stereocenters. The summed E-state index contributed by atoms with van der Waals surface area (Å²) in [6.07, 6.45) is 1.95. The number of aromatic nitrogens is 2. The molecule has 0 atom stereocenters. The lowest BCUT2D eigenvalue weighted by atomic mass is 10.2. The summed E-state index contributed by atoms with van der Waals surface area (Å²) in [7, 11) is 0. The zero-order valence-corrected chi connectivity index (χ0v) is 15.0. The second-order valence-corrected chi connectivity index (χ2v) is 6.21. The van der Waals surface area contributed by atoms with Gasteiger partial charge in [0.2, 0.25) is 0 Å². The molecule has 2 aromatic rings. The maximum absolute atomic E-state index is 12.6. The number of H-pyrrole nitrogens is 1. The Balaban J connectivity index is 1.62. The molecule has 0 spiro atoms. The number of benzene rings is 1. The van der Waals surface area contributed by atoms with Crippen LogP contribution in [0.5, 0.6) is 5.75 Å². The molecule has 0 aliphatic carbocycles. The van der Waals surface area contributed by atoms with Crippen molar-refractivity contribution in [2.45, 2.75) is 26.7 Å². The third-order valence-corrected chi connectivity index (χ3v) is 4.44. The van der Waals surface area contributed by atoms with Crippen molar-refractivity contribution in [2.75, 3.05) is 37.7 Å². The molecule has 1 saturated heterocycles. The van der Waals surface area contributed by atoms with Gasteiger partial charge >= 0.3 is 0 Å². The Labute approximate surface area is 148 Å². The SMILES string of the molecule is CCCc1cc(C(=O)N2CCN(c3ccccc3OCC)CC2)n[nH]1. The number of para-hydroxylation sites is 2. The lowest BCUT2D eigenvalue weighted by Crippen LogP contribution is -2.49. The molecule has 1 aromatic carbocycles. The molecule has 1 N–H and O–H groups in total. The average Bonchev–Trinajstić information content (AvgIpc) is 3.11. The first kappa shape index (κ1) is 17.3. The van der Waals surface area contributed by atoms with E-state index in [-0.39, 0.29) is 5.91 Å². The highest BCUT2D eigenvalue weighted by Gasteiger charge is 2.25. The number of nitrogens with one attached hydrogen (secondary N) is 1. The fourth-order valence-electron chi connectivity index (χ4n) is 3.18. The highest BCUT2D eigenvalue weighted by atomic mass is 16.5. The molecule has 6 nitrogen and oxygen atoms in total. The summed E-state index contributed by atoms with van der Waals surface area (Å²) in [5.74, 6) is 0.914. The second kappa shape index (κ2) is 8.05. The van der Waals surface area contributed by atoms with Crippen LogP contribution in [0, 0.1) is 0 Å². The number of ether oxygens (including phenoxy) is 1. The average molecular weight is 342 g/mol. The zero-order valence-electron chi connectivity index (χ0n) is 15.0. The van der Waals surface area contributed by atoms with Gasteiger partial charge in [0.25, 0.3) is 5.91 Å². The van der Waals surface area contributed by atoms with E-state index in [1.807, 2.05) is 36.1 Å². The Hall–Kier alpha value is -2.50. The predicted octanol–water partition coefficient (Wildman–Crippen LogP) is 2.72. The number of carbonyl (C=O) groups is 1. The van der Waals surface area contributed by atoms with E-state index in [0.717, 1.165) is 43.1 Å². The molecule has 1 aromatic heterocycles. The van der Waals surface area contributed by atoms with Gasteiger partial charge in [0.15, 0.2) is 0 Å². The number of nitrogens with zero attached hydrogens (tertiary/aromatic N) is 3. The van der Waals surface area contributed by atoms with Crippen LogP contribution in [0.4, 0.5) is 5.69 Å². The summed E-state index contributed by atoms with van der Waals surface area (Å²) in [6.45, 7) is 7.72. The van der Waals surface area contributed by atoms with Crippen molar-refractivity contribution in [3.8, 4) is 5.75 Å². The monoisotopic (exact) mass is 342 g/mol. The summed E-state index contributed by atoms with van der Waals surface area (Å²) in [6, 6.07) is 9.96. The minimum atomic E-state index is 0.0105. The summed E-state index contributed by atoms with van der Waals surface area (Å²) >= 11 is 0. The van der Waals surface area contributed by atoms with Crippen molar-refractivity contribution in [1.29, 1.82) is 0 Å². The number of anilines is 1. The van der Waals surface area contributed by atoms with Gasteiger partial charge in [-0.25, -0.2) is 0 Å². The molecule has 0 bridgehead atoms. The molecule has 25 heavy (non-hydrogen) atoms. The van der Waals surface area contributed by atoms with Gasteiger partial charge in [0.05, 0.1) is 12.3 Å². The highest BCUT2D eigenvalue weighted by molar-refractivity contribution is 5.92. The van der Waals surface area contributed by atoms with Crippen LogP contribution in [0.3, 0.4) is 0 Å². The minimum Gasteiger partial charge on any atom is -0.492 e. The van der Waals surface area contributed by atoms with Crippen molar-refractivity contribution in [3.63, 3.8) is 0 Å². The van der Waals surface area contributed by atoms with Crippen LogP contribution >= 0.6 is 0 Å². The van der Waals surface area contributed by atoms with Gasteiger partial charge in [0.1, 0.15) is 11.4 Å². The van der Waals surface area contributed by atoms with Gasteiger partial charge in [-0.3, -0.25) is 9.89 Å². The fraction of sp³-hybridized carbons (Fsp3) is 0.474. The lowest BCUT2D eigenvalue weighted by molar-refractivity contribution is 0.0740. The number of rotatable bonds is 6. The van der Waals surface area contributed by atoms with Crippen LogP contribution in [0.2, 0.25) is 0 Å². The van der Waals surface area contributed by atoms with Crippen molar-refractivity contribution in [2.24, 2.45) is 0 Å². The first-order chi connectivity index (χ1) is 12.2. The van der Waals surface area contributed by atoms with Crippen LogP contribution in [0.15, 0.2) is 30.3 Å². The lowest BCUT2D eigenvalue weighted by Gasteiger charge is -2.36. The Morgan fingerprint density at radius 2 is 1.96 bits per heavy atom. The Morgan fingerprint density at radius 1 is 1.20 bits per heavy atom. The quantitative estimate of drug-likeness (QED) is 0.877. The standard InChI is InChI=1S/C19H26N4O2/c1-3-7-15-14-16(21-20-15)19(24)23-12-10-22(11-13-23)17-8-5-6-9-18(17)25-4-2/h5-6,8-9,14H,3-4,7,10-13H2,1-2H3,(H,20,21). The summed E-state index contributed by atoms with van der Waals surface area (Å²) in [4.78, 5) is 16.8. The summed E-state index contributed by atoms with van der Waals surface area (Å²) < 4.78 is 5.72. The van der Waals surface area contributed by atoms with E-state index >= 15 is 0 Å². The third kappa shape index (κ3) is 3.95.